The lowest BCUT2D eigenvalue weighted by atomic mass is 9.65. The smallest absolute Gasteiger partial charge is 0.146 e. The predicted octanol–water partition coefficient (Wildman–Crippen LogP) is -0.0895. The number of rotatable bonds is 1. The second-order valence-corrected chi connectivity index (χ2v) is 4.65. The van der Waals surface area contributed by atoms with E-state index in [-0.39, 0.29) is 6.10 Å². The number of aliphatic hydroxyl groups is 1. The first-order valence-corrected chi connectivity index (χ1v) is 4.64. The molecule has 76 valence electrons. The summed E-state index contributed by atoms with van der Waals surface area (Å²) >= 11 is 0. The third kappa shape index (κ3) is 1.16. The number of ether oxygens (including phenoxy) is 2. The quantitative estimate of drug-likeness (QED) is 0.581. The van der Waals surface area contributed by atoms with Crippen molar-refractivity contribution < 1.29 is 14.6 Å². The Kier molecular flexibility index (Phi) is 2.30. The SMILES string of the molecule is BC1(C)OC(C)C(C)(OC)C1(C)O. The van der Waals surface area contributed by atoms with E-state index < -0.39 is 16.7 Å². The first-order valence-electron chi connectivity index (χ1n) is 4.64. The molecular weight excluding hydrogens is 167 g/mol. The van der Waals surface area contributed by atoms with Crippen LogP contribution in [0.25, 0.3) is 0 Å². The van der Waals surface area contributed by atoms with Gasteiger partial charge in [-0.2, -0.15) is 0 Å². The van der Waals surface area contributed by atoms with E-state index in [1.807, 2.05) is 28.6 Å². The lowest BCUT2D eigenvalue weighted by Crippen LogP contribution is -2.60. The van der Waals surface area contributed by atoms with Gasteiger partial charge in [0.1, 0.15) is 19.0 Å². The van der Waals surface area contributed by atoms with Crippen molar-refractivity contribution in [2.75, 3.05) is 7.11 Å². The monoisotopic (exact) mass is 186 g/mol. The predicted molar refractivity (Wildman–Crippen MR) is 53.5 cm³/mol. The lowest BCUT2D eigenvalue weighted by Gasteiger charge is -2.41. The van der Waals surface area contributed by atoms with Crippen molar-refractivity contribution in [3.63, 3.8) is 0 Å². The Morgan fingerprint density at radius 2 is 1.85 bits per heavy atom. The van der Waals surface area contributed by atoms with E-state index in [4.69, 9.17) is 9.47 Å². The Balaban J connectivity index is 3.13. The van der Waals surface area contributed by atoms with Gasteiger partial charge in [0, 0.05) is 7.11 Å². The van der Waals surface area contributed by atoms with Crippen LogP contribution in [0.4, 0.5) is 0 Å². The van der Waals surface area contributed by atoms with Gasteiger partial charge in [0.2, 0.25) is 0 Å². The van der Waals surface area contributed by atoms with Gasteiger partial charge in [-0.1, -0.05) is 0 Å². The zero-order valence-electron chi connectivity index (χ0n) is 9.34. The molecule has 0 aromatic heterocycles. The molecule has 4 heteroatoms. The van der Waals surface area contributed by atoms with Crippen molar-refractivity contribution in [1.82, 2.24) is 0 Å². The number of methoxy groups -OCH3 is 1. The molecule has 0 saturated carbocycles. The summed E-state index contributed by atoms with van der Waals surface area (Å²) in [5, 5.41) is 10.4. The van der Waals surface area contributed by atoms with Gasteiger partial charge in [0.05, 0.1) is 11.6 Å². The summed E-state index contributed by atoms with van der Waals surface area (Å²) in [6, 6.07) is 0. The Morgan fingerprint density at radius 3 is 2.00 bits per heavy atom. The summed E-state index contributed by atoms with van der Waals surface area (Å²) in [6.07, 6.45) is -0.109. The summed E-state index contributed by atoms with van der Waals surface area (Å²) < 4.78 is 11.1. The normalized spacial score (nSPS) is 56.9. The maximum absolute atomic E-state index is 10.4. The molecule has 1 saturated heterocycles. The van der Waals surface area contributed by atoms with Crippen molar-refractivity contribution in [2.45, 2.75) is 50.5 Å². The molecule has 1 rings (SSSR count). The molecule has 1 N–H and O–H groups in total. The minimum Gasteiger partial charge on any atom is -0.385 e. The molecule has 0 bridgehead atoms. The summed E-state index contributed by atoms with van der Waals surface area (Å²) in [5.74, 6) is 0. The molecule has 4 atom stereocenters. The molecule has 0 spiro atoms. The Labute approximate surface area is 80.8 Å². The second kappa shape index (κ2) is 2.72. The molecule has 0 radical (unpaired) electrons. The highest BCUT2D eigenvalue weighted by molar-refractivity contribution is 6.15. The molecule has 0 aliphatic carbocycles. The van der Waals surface area contributed by atoms with Gasteiger partial charge in [0.25, 0.3) is 0 Å². The van der Waals surface area contributed by atoms with Gasteiger partial charge in [-0.3, -0.25) is 0 Å². The second-order valence-electron chi connectivity index (χ2n) is 4.65. The maximum Gasteiger partial charge on any atom is 0.146 e. The molecule has 0 aromatic rings. The van der Waals surface area contributed by atoms with Gasteiger partial charge < -0.3 is 14.6 Å². The van der Waals surface area contributed by atoms with Crippen LogP contribution in [0.5, 0.6) is 0 Å². The molecular formula is C9H19BO3. The largest absolute Gasteiger partial charge is 0.385 e. The molecule has 0 aromatic carbocycles. The van der Waals surface area contributed by atoms with Crippen molar-refractivity contribution in [3.8, 4) is 0 Å². The Bertz CT molecular complexity index is 212. The Hall–Kier alpha value is -0.0551. The Morgan fingerprint density at radius 1 is 1.38 bits per heavy atom. The fraction of sp³-hybridized carbons (Fsp3) is 1.00. The zero-order valence-corrected chi connectivity index (χ0v) is 9.34. The average Bonchev–Trinajstić information content (AvgIpc) is 2.10. The van der Waals surface area contributed by atoms with E-state index in [9.17, 15) is 5.11 Å². The minimum absolute atomic E-state index is 0.109. The molecule has 0 amide bonds. The highest BCUT2D eigenvalue weighted by atomic mass is 16.6. The van der Waals surface area contributed by atoms with Crippen LogP contribution in [0, 0.1) is 0 Å². The van der Waals surface area contributed by atoms with Crippen molar-refractivity contribution in [2.24, 2.45) is 0 Å². The maximum atomic E-state index is 10.4. The van der Waals surface area contributed by atoms with E-state index in [0.29, 0.717) is 0 Å². The van der Waals surface area contributed by atoms with Crippen LogP contribution in [-0.4, -0.2) is 42.9 Å². The van der Waals surface area contributed by atoms with E-state index in [1.165, 1.54) is 0 Å². The van der Waals surface area contributed by atoms with Crippen molar-refractivity contribution in [3.05, 3.63) is 0 Å². The molecule has 1 heterocycles. The standard InChI is InChI=1S/C9H19BO3/c1-6-7(2,12-5)8(3,11)9(4,10)13-6/h6,11H,10H2,1-5H3. The fourth-order valence-corrected chi connectivity index (χ4v) is 2.03. The van der Waals surface area contributed by atoms with E-state index in [0.717, 1.165) is 0 Å². The van der Waals surface area contributed by atoms with E-state index in [1.54, 1.807) is 14.0 Å². The lowest BCUT2D eigenvalue weighted by molar-refractivity contribution is -0.143. The molecule has 1 aliphatic rings. The summed E-state index contributed by atoms with van der Waals surface area (Å²) in [7, 11) is 3.49. The first kappa shape index (κ1) is 11.0. The molecule has 13 heavy (non-hydrogen) atoms. The zero-order chi connectivity index (χ0) is 10.5. The number of hydrogen-bond donors (Lipinski definition) is 1. The van der Waals surface area contributed by atoms with Gasteiger partial charge in [0.15, 0.2) is 0 Å². The number of hydrogen-bond acceptors (Lipinski definition) is 3. The highest BCUT2D eigenvalue weighted by Gasteiger charge is 2.63. The van der Waals surface area contributed by atoms with Crippen LogP contribution in [-0.2, 0) is 9.47 Å². The van der Waals surface area contributed by atoms with Crippen LogP contribution in [0.3, 0.4) is 0 Å². The van der Waals surface area contributed by atoms with Gasteiger partial charge in [-0.05, 0) is 27.7 Å². The molecule has 1 aliphatic heterocycles. The highest BCUT2D eigenvalue weighted by Crippen LogP contribution is 2.46. The van der Waals surface area contributed by atoms with E-state index >= 15 is 0 Å². The fourth-order valence-electron chi connectivity index (χ4n) is 2.03. The summed E-state index contributed by atoms with van der Waals surface area (Å²) in [5.41, 5.74) is -2.19. The third-order valence-corrected chi connectivity index (χ3v) is 3.81. The molecule has 4 unspecified atom stereocenters. The first-order chi connectivity index (χ1) is 5.69. The third-order valence-electron chi connectivity index (χ3n) is 3.81. The van der Waals surface area contributed by atoms with Crippen LogP contribution < -0.4 is 0 Å². The summed E-state index contributed by atoms with van der Waals surface area (Å²) in [4.78, 5) is 0. The van der Waals surface area contributed by atoms with Gasteiger partial charge >= 0.3 is 0 Å². The van der Waals surface area contributed by atoms with Crippen molar-refractivity contribution >= 4 is 7.85 Å². The topological polar surface area (TPSA) is 38.7 Å². The summed E-state index contributed by atoms with van der Waals surface area (Å²) in [6.45, 7) is 7.45. The van der Waals surface area contributed by atoms with Crippen LogP contribution in [0.1, 0.15) is 27.7 Å². The van der Waals surface area contributed by atoms with E-state index in [2.05, 4.69) is 0 Å². The minimum atomic E-state index is -0.978. The molecule has 1 fully saturated rings. The van der Waals surface area contributed by atoms with Gasteiger partial charge in [-0.25, -0.2) is 0 Å². The van der Waals surface area contributed by atoms with Crippen LogP contribution in [0.2, 0.25) is 0 Å². The van der Waals surface area contributed by atoms with Crippen LogP contribution >= 0.6 is 0 Å². The van der Waals surface area contributed by atoms with Crippen molar-refractivity contribution in [1.29, 1.82) is 0 Å². The van der Waals surface area contributed by atoms with Crippen LogP contribution in [0.15, 0.2) is 0 Å². The average molecular weight is 186 g/mol. The molecule has 3 nitrogen and oxygen atoms in total. The van der Waals surface area contributed by atoms with Gasteiger partial charge in [-0.15, -0.1) is 0 Å².